The second kappa shape index (κ2) is 2.52. The molecule has 64 valence electrons. The molecule has 1 heterocycles. The minimum Gasteiger partial charge on any atom is -0.295 e. The minimum absolute atomic E-state index is 0.0156. The van der Waals surface area contributed by atoms with Crippen LogP contribution in [0.1, 0.15) is 5.56 Å². The molecular formula is C9H9BN2O. The number of hydrogen-bond acceptors (Lipinski definition) is 1. The Morgan fingerprint density at radius 3 is 2.85 bits per heavy atom. The molecule has 0 aliphatic rings. The molecule has 0 saturated carbocycles. The van der Waals surface area contributed by atoms with E-state index in [1.807, 2.05) is 13.0 Å². The number of hydrogen-bond donors (Lipinski definition) is 1. The van der Waals surface area contributed by atoms with Gasteiger partial charge in [0.1, 0.15) is 7.85 Å². The van der Waals surface area contributed by atoms with Crippen molar-refractivity contribution in [3.63, 3.8) is 0 Å². The summed E-state index contributed by atoms with van der Waals surface area (Å²) < 4.78 is 1.45. The summed E-state index contributed by atoms with van der Waals surface area (Å²) in [6.45, 7) is 1.89. The van der Waals surface area contributed by atoms with Crippen molar-refractivity contribution in [2.45, 2.75) is 6.92 Å². The van der Waals surface area contributed by atoms with Gasteiger partial charge in [0.2, 0.25) is 0 Å². The highest BCUT2D eigenvalue weighted by Gasteiger charge is 2.04. The van der Waals surface area contributed by atoms with Gasteiger partial charge in [-0.1, -0.05) is 11.0 Å². The van der Waals surface area contributed by atoms with E-state index in [2.05, 4.69) is 5.10 Å². The van der Waals surface area contributed by atoms with Crippen LogP contribution in [0.15, 0.2) is 16.9 Å². The molecule has 0 spiro atoms. The van der Waals surface area contributed by atoms with Crippen LogP contribution in [0, 0.1) is 6.92 Å². The summed E-state index contributed by atoms with van der Waals surface area (Å²) in [6, 6.07) is 3.59. The van der Waals surface area contributed by atoms with Gasteiger partial charge in [-0.05, 0) is 19.1 Å². The van der Waals surface area contributed by atoms with Gasteiger partial charge < -0.3 is 0 Å². The zero-order chi connectivity index (χ0) is 9.59. The number of fused-ring (bicyclic) bond motifs is 1. The summed E-state index contributed by atoms with van der Waals surface area (Å²) in [5.74, 6) is 0. The predicted molar refractivity (Wildman–Crippen MR) is 53.7 cm³/mol. The molecule has 2 aromatic rings. The molecule has 0 saturated heterocycles. The molecule has 0 aliphatic heterocycles. The Balaban J connectivity index is 2.97. The first kappa shape index (κ1) is 8.17. The van der Waals surface area contributed by atoms with Gasteiger partial charge in [-0.25, -0.2) is 0 Å². The summed E-state index contributed by atoms with van der Waals surface area (Å²) in [6.07, 6.45) is 0. The lowest BCUT2D eigenvalue weighted by atomic mass is 9.90. The first-order valence-electron chi connectivity index (χ1n) is 4.04. The quantitative estimate of drug-likeness (QED) is 0.556. The highest BCUT2D eigenvalue weighted by Crippen LogP contribution is 2.06. The van der Waals surface area contributed by atoms with Crippen LogP contribution in [0.5, 0.6) is 0 Å². The lowest BCUT2D eigenvalue weighted by Gasteiger charge is -1.97. The molecule has 0 unspecified atom stereocenters. The topological polar surface area (TPSA) is 37.8 Å². The molecule has 2 rings (SSSR count). The molecule has 0 amide bonds. The fraction of sp³-hybridized carbons (Fsp3) is 0.222. The van der Waals surface area contributed by atoms with Crippen molar-refractivity contribution >= 4 is 24.2 Å². The van der Waals surface area contributed by atoms with Crippen molar-refractivity contribution < 1.29 is 0 Å². The molecule has 1 N–H and O–H groups in total. The zero-order valence-corrected chi connectivity index (χ0v) is 7.59. The number of aryl methyl sites for hydroxylation is 2. The number of nitrogens with one attached hydrogen (secondary N) is 1. The normalized spacial score (nSPS) is 10.9. The van der Waals surface area contributed by atoms with Crippen molar-refractivity contribution in [3.8, 4) is 0 Å². The van der Waals surface area contributed by atoms with E-state index in [-0.39, 0.29) is 5.56 Å². The van der Waals surface area contributed by atoms with E-state index >= 15 is 0 Å². The van der Waals surface area contributed by atoms with Crippen LogP contribution in [0.3, 0.4) is 0 Å². The van der Waals surface area contributed by atoms with Gasteiger partial charge in [0, 0.05) is 7.05 Å². The fourth-order valence-electron chi connectivity index (χ4n) is 1.41. The van der Waals surface area contributed by atoms with Gasteiger partial charge in [-0.15, -0.1) is 0 Å². The maximum atomic E-state index is 11.5. The van der Waals surface area contributed by atoms with E-state index in [1.165, 1.54) is 4.68 Å². The van der Waals surface area contributed by atoms with Gasteiger partial charge in [0.25, 0.3) is 5.56 Å². The van der Waals surface area contributed by atoms with E-state index in [9.17, 15) is 4.79 Å². The molecule has 1 aromatic carbocycles. The Morgan fingerprint density at radius 1 is 1.46 bits per heavy atom. The molecule has 13 heavy (non-hydrogen) atoms. The van der Waals surface area contributed by atoms with Gasteiger partial charge >= 0.3 is 0 Å². The molecule has 2 radical (unpaired) electrons. The third-order valence-corrected chi connectivity index (χ3v) is 2.23. The first-order chi connectivity index (χ1) is 6.09. The first-order valence-corrected chi connectivity index (χ1v) is 4.04. The van der Waals surface area contributed by atoms with Crippen molar-refractivity contribution in [1.29, 1.82) is 0 Å². The number of nitrogens with zero attached hydrogens (tertiary/aromatic N) is 1. The van der Waals surface area contributed by atoms with Crippen LogP contribution in [0.25, 0.3) is 10.9 Å². The zero-order valence-electron chi connectivity index (χ0n) is 7.59. The van der Waals surface area contributed by atoms with Gasteiger partial charge in [-0.3, -0.25) is 14.6 Å². The summed E-state index contributed by atoms with van der Waals surface area (Å²) in [5, 5.41) is 3.61. The Morgan fingerprint density at radius 2 is 2.15 bits per heavy atom. The molecule has 4 heteroatoms. The summed E-state index contributed by atoms with van der Waals surface area (Å²) in [7, 11) is 7.40. The molecule has 0 fully saturated rings. The van der Waals surface area contributed by atoms with Crippen LogP contribution in [0.4, 0.5) is 0 Å². The second-order valence-electron chi connectivity index (χ2n) is 3.23. The van der Waals surface area contributed by atoms with E-state index in [4.69, 9.17) is 7.85 Å². The van der Waals surface area contributed by atoms with Crippen molar-refractivity contribution in [2.75, 3.05) is 0 Å². The Bertz CT molecular complexity index is 524. The third-order valence-electron chi connectivity index (χ3n) is 2.23. The minimum atomic E-state index is -0.0156. The van der Waals surface area contributed by atoms with Crippen LogP contribution in [-0.4, -0.2) is 17.6 Å². The highest BCUT2D eigenvalue weighted by atomic mass is 16.1. The molecule has 0 aliphatic carbocycles. The van der Waals surface area contributed by atoms with Crippen LogP contribution in [0.2, 0.25) is 0 Å². The average molecular weight is 172 g/mol. The molecule has 1 aromatic heterocycles. The fourth-order valence-corrected chi connectivity index (χ4v) is 1.41. The summed E-state index contributed by atoms with van der Waals surface area (Å²) >= 11 is 0. The maximum absolute atomic E-state index is 11.5. The van der Waals surface area contributed by atoms with E-state index in [0.717, 1.165) is 11.1 Å². The van der Waals surface area contributed by atoms with E-state index in [1.54, 1.807) is 13.1 Å². The lowest BCUT2D eigenvalue weighted by molar-refractivity contribution is 0.751. The third kappa shape index (κ3) is 1.10. The number of aromatic amines is 1. The van der Waals surface area contributed by atoms with Gasteiger partial charge in [0.05, 0.1) is 10.9 Å². The molecule has 3 nitrogen and oxygen atoms in total. The van der Waals surface area contributed by atoms with Crippen molar-refractivity contribution in [1.82, 2.24) is 9.78 Å². The smallest absolute Gasteiger partial charge is 0.274 e. The van der Waals surface area contributed by atoms with Crippen molar-refractivity contribution in [3.05, 3.63) is 28.0 Å². The molecule has 0 bridgehead atoms. The molecular weight excluding hydrogens is 163 g/mol. The Kier molecular flexibility index (Phi) is 1.58. The monoisotopic (exact) mass is 172 g/mol. The predicted octanol–water partition coefficient (Wildman–Crippen LogP) is -0.0312. The van der Waals surface area contributed by atoms with Gasteiger partial charge in [-0.2, -0.15) is 0 Å². The molecule has 0 atom stereocenters. The Labute approximate surface area is 76.8 Å². The second-order valence-corrected chi connectivity index (χ2v) is 3.23. The summed E-state index contributed by atoms with van der Waals surface area (Å²) in [5.41, 5.74) is 2.41. The average Bonchev–Trinajstić information content (AvgIpc) is 2.32. The lowest BCUT2D eigenvalue weighted by Crippen LogP contribution is -2.11. The van der Waals surface area contributed by atoms with E-state index in [0.29, 0.717) is 10.8 Å². The number of H-pyrrole nitrogens is 1. The van der Waals surface area contributed by atoms with Gasteiger partial charge in [0.15, 0.2) is 0 Å². The highest BCUT2D eigenvalue weighted by molar-refractivity contribution is 6.34. The van der Waals surface area contributed by atoms with E-state index < -0.39 is 0 Å². The van der Waals surface area contributed by atoms with Crippen LogP contribution >= 0.6 is 0 Å². The SMILES string of the molecule is [B]c1cc2[nH]n(C)c(=O)c2cc1C. The van der Waals surface area contributed by atoms with Crippen LogP contribution < -0.4 is 11.0 Å². The largest absolute Gasteiger partial charge is 0.295 e. The maximum Gasteiger partial charge on any atom is 0.274 e. The number of benzene rings is 1. The standard InChI is InChI=1S/C9H9BN2O/c1-5-3-6-8(4-7(5)10)11-12(2)9(6)13/h3-4,11H,1-2H3. The van der Waals surface area contributed by atoms with Crippen LogP contribution in [-0.2, 0) is 7.05 Å². The number of rotatable bonds is 0. The Hall–Kier alpha value is -1.45. The van der Waals surface area contributed by atoms with Crippen molar-refractivity contribution in [2.24, 2.45) is 7.05 Å². The number of aromatic nitrogens is 2. The summed E-state index contributed by atoms with van der Waals surface area (Å²) in [4.78, 5) is 11.5.